The number of carbonyl (C=O) groups is 2. The molecule has 0 bridgehead atoms. The molecule has 2 N–H and O–H groups in total. The molecule has 0 radical (unpaired) electrons. The Morgan fingerprint density at radius 1 is 1.00 bits per heavy atom. The van der Waals surface area contributed by atoms with E-state index in [1.54, 1.807) is 12.1 Å². The van der Waals surface area contributed by atoms with E-state index in [0.29, 0.717) is 11.3 Å². The summed E-state index contributed by atoms with van der Waals surface area (Å²) in [6.45, 7) is 5.84. The van der Waals surface area contributed by atoms with E-state index in [-0.39, 0.29) is 18.4 Å². The number of likely N-dealkylation sites (tertiary alicyclic amines) is 1. The molecule has 0 atom stereocenters. The van der Waals surface area contributed by atoms with Crippen LogP contribution in [-0.2, 0) is 4.79 Å². The van der Waals surface area contributed by atoms with Crippen molar-refractivity contribution in [1.29, 1.82) is 0 Å². The molecule has 2 aromatic carbocycles. The zero-order valence-corrected chi connectivity index (χ0v) is 16.0. The second-order valence-electron chi connectivity index (χ2n) is 7.15. The van der Waals surface area contributed by atoms with Crippen molar-refractivity contribution >= 4 is 23.2 Å². The van der Waals surface area contributed by atoms with Crippen molar-refractivity contribution in [2.75, 3.05) is 30.3 Å². The number of carbonyl (C=O) groups excluding carboxylic acids is 2. The molecule has 0 spiro atoms. The van der Waals surface area contributed by atoms with Gasteiger partial charge in [0.2, 0.25) is 5.91 Å². The third-order valence-corrected chi connectivity index (χ3v) is 4.87. The summed E-state index contributed by atoms with van der Waals surface area (Å²) in [5, 5.41) is 6.05. The standard InChI is InChI=1S/C22H27N3O2/c1-16-9-10-17(2)20(13-16)23-15-21(26)24-19-8-6-7-18(14-19)22(27)25-11-4-3-5-12-25/h6-10,13-14,23H,3-5,11-12,15H2,1-2H3,(H,24,26). The van der Waals surface area contributed by atoms with E-state index < -0.39 is 0 Å². The highest BCUT2D eigenvalue weighted by Gasteiger charge is 2.18. The van der Waals surface area contributed by atoms with Crippen LogP contribution in [0.4, 0.5) is 11.4 Å². The van der Waals surface area contributed by atoms with Gasteiger partial charge in [-0.05, 0) is 68.5 Å². The molecular weight excluding hydrogens is 338 g/mol. The molecule has 1 aliphatic rings. The van der Waals surface area contributed by atoms with E-state index in [0.717, 1.165) is 42.7 Å². The first-order chi connectivity index (χ1) is 13.0. The molecule has 1 fully saturated rings. The maximum absolute atomic E-state index is 12.6. The lowest BCUT2D eigenvalue weighted by Gasteiger charge is -2.26. The quantitative estimate of drug-likeness (QED) is 0.842. The van der Waals surface area contributed by atoms with Gasteiger partial charge in [-0.15, -0.1) is 0 Å². The van der Waals surface area contributed by atoms with Crippen molar-refractivity contribution in [3.05, 3.63) is 59.2 Å². The van der Waals surface area contributed by atoms with Crippen LogP contribution in [0.15, 0.2) is 42.5 Å². The van der Waals surface area contributed by atoms with E-state index in [2.05, 4.69) is 10.6 Å². The molecule has 1 aliphatic heterocycles. The highest BCUT2D eigenvalue weighted by Crippen LogP contribution is 2.18. The number of nitrogens with one attached hydrogen (secondary N) is 2. The number of rotatable bonds is 5. The number of hydrogen-bond acceptors (Lipinski definition) is 3. The van der Waals surface area contributed by atoms with Crippen LogP contribution < -0.4 is 10.6 Å². The fraction of sp³-hybridized carbons (Fsp3) is 0.364. The Kier molecular flexibility index (Phi) is 6.12. The normalized spacial score (nSPS) is 13.9. The lowest BCUT2D eigenvalue weighted by molar-refractivity contribution is -0.114. The first-order valence-electron chi connectivity index (χ1n) is 9.53. The number of piperidine rings is 1. The maximum atomic E-state index is 12.6. The number of anilines is 2. The molecule has 27 heavy (non-hydrogen) atoms. The fourth-order valence-electron chi connectivity index (χ4n) is 3.32. The van der Waals surface area contributed by atoms with Gasteiger partial charge in [-0.25, -0.2) is 0 Å². The van der Waals surface area contributed by atoms with E-state index in [9.17, 15) is 9.59 Å². The Hall–Kier alpha value is -2.82. The minimum absolute atomic E-state index is 0.0410. The zero-order chi connectivity index (χ0) is 19.2. The summed E-state index contributed by atoms with van der Waals surface area (Å²) in [6, 6.07) is 13.3. The third kappa shape index (κ3) is 5.09. The summed E-state index contributed by atoms with van der Waals surface area (Å²) in [5.74, 6) is -0.0993. The van der Waals surface area contributed by atoms with Gasteiger partial charge >= 0.3 is 0 Å². The van der Waals surface area contributed by atoms with Gasteiger partial charge in [0.05, 0.1) is 6.54 Å². The van der Waals surface area contributed by atoms with Gasteiger partial charge in [-0.1, -0.05) is 18.2 Å². The number of benzene rings is 2. The molecule has 142 valence electrons. The van der Waals surface area contributed by atoms with Crippen molar-refractivity contribution in [2.24, 2.45) is 0 Å². The van der Waals surface area contributed by atoms with Crippen molar-refractivity contribution in [3.8, 4) is 0 Å². The Morgan fingerprint density at radius 2 is 1.78 bits per heavy atom. The average Bonchev–Trinajstić information content (AvgIpc) is 2.69. The van der Waals surface area contributed by atoms with Crippen LogP contribution in [0.5, 0.6) is 0 Å². The summed E-state index contributed by atoms with van der Waals surface area (Å²) < 4.78 is 0. The predicted octanol–water partition coefficient (Wildman–Crippen LogP) is 3.98. The molecule has 0 aromatic heterocycles. The van der Waals surface area contributed by atoms with Crippen LogP contribution >= 0.6 is 0 Å². The van der Waals surface area contributed by atoms with Crippen molar-refractivity contribution < 1.29 is 9.59 Å². The summed E-state index contributed by atoms with van der Waals surface area (Å²) in [4.78, 5) is 26.8. The van der Waals surface area contributed by atoms with Crippen LogP contribution in [0.2, 0.25) is 0 Å². The van der Waals surface area contributed by atoms with Crippen LogP contribution in [0.1, 0.15) is 40.7 Å². The monoisotopic (exact) mass is 365 g/mol. The van der Waals surface area contributed by atoms with Gasteiger partial charge in [0.25, 0.3) is 5.91 Å². The SMILES string of the molecule is Cc1ccc(C)c(NCC(=O)Nc2cccc(C(=O)N3CCCCC3)c2)c1. The molecule has 0 unspecified atom stereocenters. The first kappa shape index (κ1) is 19.0. The van der Waals surface area contributed by atoms with Gasteiger partial charge in [0, 0.05) is 30.0 Å². The lowest BCUT2D eigenvalue weighted by atomic mass is 10.1. The predicted molar refractivity (Wildman–Crippen MR) is 109 cm³/mol. The molecule has 2 amide bonds. The minimum atomic E-state index is -0.140. The number of amides is 2. The van der Waals surface area contributed by atoms with E-state index >= 15 is 0 Å². The lowest BCUT2D eigenvalue weighted by Crippen LogP contribution is -2.35. The van der Waals surface area contributed by atoms with Crippen LogP contribution in [0, 0.1) is 13.8 Å². The number of hydrogen-bond donors (Lipinski definition) is 2. The summed E-state index contributed by atoms with van der Waals surface area (Å²) >= 11 is 0. The molecular formula is C22H27N3O2. The van der Waals surface area contributed by atoms with Crippen molar-refractivity contribution in [1.82, 2.24) is 4.90 Å². The highest BCUT2D eigenvalue weighted by atomic mass is 16.2. The van der Waals surface area contributed by atoms with Gasteiger partial charge in [0.1, 0.15) is 0 Å². The van der Waals surface area contributed by atoms with Crippen LogP contribution in [0.25, 0.3) is 0 Å². The van der Waals surface area contributed by atoms with Gasteiger partial charge < -0.3 is 15.5 Å². The zero-order valence-electron chi connectivity index (χ0n) is 16.0. The molecule has 3 rings (SSSR count). The van der Waals surface area contributed by atoms with E-state index in [1.807, 2.05) is 49.1 Å². The van der Waals surface area contributed by atoms with Gasteiger partial charge in [0.15, 0.2) is 0 Å². The highest BCUT2D eigenvalue weighted by molar-refractivity contribution is 5.98. The maximum Gasteiger partial charge on any atom is 0.253 e. The topological polar surface area (TPSA) is 61.4 Å². The van der Waals surface area contributed by atoms with Crippen molar-refractivity contribution in [3.63, 3.8) is 0 Å². The Balaban J connectivity index is 1.59. The first-order valence-corrected chi connectivity index (χ1v) is 9.53. The average molecular weight is 365 g/mol. The molecule has 1 saturated heterocycles. The van der Waals surface area contributed by atoms with E-state index in [1.165, 1.54) is 6.42 Å². The van der Waals surface area contributed by atoms with Crippen LogP contribution in [-0.4, -0.2) is 36.3 Å². The number of nitrogens with zero attached hydrogens (tertiary/aromatic N) is 1. The molecule has 5 heteroatoms. The summed E-state index contributed by atoms with van der Waals surface area (Å²) in [7, 11) is 0. The van der Waals surface area contributed by atoms with E-state index in [4.69, 9.17) is 0 Å². The minimum Gasteiger partial charge on any atom is -0.376 e. The molecule has 0 aliphatic carbocycles. The fourth-order valence-corrected chi connectivity index (χ4v) is 3.32. The molecule has 5 nitrogen and oxygen atoms in total. The largest absolute Gasteiger partial charge is 0.376 e. The molecule has 2 aromatic rings. The third-order valence-electron chi connectivity index (χ3n) is 4.87. The Labute approximate surface area is 160 Å². The number of aryl methyl sites for hydroxylation is 2. The van der Waals surface area contributed by atoms with Crippen molar-refractivity contribution in [2.45, 2.75) is 33.1 Å². The Bertz CT molecular complexity index is 826. The van der Waals surface area contributed by atoms with Crippen LogP contribution in [0.3, 0.4) is 0 Å². The smallest absolute Gasteiger partial charge is 0.253 e. The second-order valence-corrected chi connectivity index (χ2v) is 7.15. The molecule has 0 saturated carbocycles. The summed E-state index contributed by atoms with van der Waals surface area (Å²) in [5.41, 5.74) is 4.47. The van der Waals surface area contributed by atoms with Gasteiger partial charge in [-0.2, -0.15) is 0 Å². The summed E-state index contributed by atoms with van der Waals surface area (Å²) in [6.07, 6.45) is 3.31. The second kappa shape index (κ2) is 8.71. The Morgan fingerprint density at radius 3 is 2.56 bits per heavy atom. The molecule has 1 heterocycles. The van der Waals surface area contributed by atoms with Gasteiger partial charge in [-0.3, -0.25) is 9.59 Å².